The first-order valence-corrected chi connectivity index (χ1v) is 11.3. The lowest BCUT2D eigenvalue weighted by Gasteiger charge is -2.16. The first kappa shape index (κ1) is 24.4. The summed E-state index contributed by atoms with van der Waals surface area (Å²) in [4.78, 5) is 20.1. The molecule has 0 aliphatic heterocycles. The topological polar surface area (TPSA) is 118 Å². The zero-order valence-corrected chi connectivity index (χ0v) is 18.6. The zero-order chi connectivity index (χ0) is 23.2. The molecule has 0 aliphatic carbocycles. The number of methoxy groups -OCH3 is 1. The van der Waals surface area contributed by atoms with Gasteiger partial charge in [0.1, 0.15) is 5.82 Å². The quantitative estimate of drug-likeness (QED) is 0.562. The number of hydrogen-bond acceptors (Lipinski definition) is 7. The Morgan fingerprint density at radius 2 is 1.90 bits per heavy atom. The second-order valence-corrected chi connectivity index (χ2v) is 9.08. The van der Waals surface area contributed by atoms with Gasteiger partial charge in [0.25, 0.3) is 0 Å². The molecule has 1 heterocycles. The lowest BCUT2D eigenvalue weighted by atomic mass is 9.97. The Bertz CT molecular complexity index is 1050. The molecule has 0 saturated heterocycles. The van der Waals surface area contributed by atoms with Crippen molar-refractivity contribution >= 4 is 28.0 Å². The molecule has 168 valence electrons. The number of anilines is 1. The van der Waals surface area contributed by atoms with Gasteiger partial charge in [0.05, 0.1) is 36.8 Å². The van der Waals surface area contributed by atoms with E-state index in [-0.39, 0.29) is 24.0 Å². The van der Waals surface area contributed by atoms with Gasteiger partial charge in [0.15, 0.2) is 0 Å². The lowest BCUT2D eigenvalue weighted by molar-refractivity contribution is -0.142. The summed E-state index contributed by atoms with van der Waals surface area (Å²) in [5.74, 6) is -1.39. The molecule has 2 rings (SSSR count). The molecule has 1 aromatic carbocycles. The molecule has 1 aromatic heterocycles. The van der Waals surface area contributed by atoms with E-state index in [1.165, 1.54) is 44.4 Å². The van der Waals surface area contributed by atoms with Gasteiger partial charge in [0, 0.05) is 11.1 Å². The third-order valence-electron chi connectivity index (χ3n) is 4.36. The van der Waals surface area contributed by atoms with Gasteiger partial charge in [-0.25, -0.2) is 22.8 Å². The van der Waals surface area contributed by atoms with Crippen LogP contribution in [0.1, 0.15) is 44.4 Å². The van der Waals surface area contributed by atoms with Crippen molar-refractivity contribution in [1.29, 1.82) is 0 Å². The minimum absolute atomic E-state index is 0.0999. The van der Waals surface area contributed by atoms with Crippen LogP contribution < -0.4 is 4.72 Å². The number of carbonyl (C=O) groups is 1. The molecule has 2 aromatic rings. The Morgan fingerprint density at radius 1 is 1.26 bits per heavy atom. The van der Waals surface area contributed by atoms with E-state index in [2.05, 4.69) is 19.4 Å². The number of hydrogen-bond donors (Lipinski definition) is 2. The molecule has 0 aliphatic rings. The minimum atomic E-state index is -3.62. The fraction of sp³-hybridized carbons (Fsp3) is 0.381. The van der Waals surface area contributed by atoms with Crippen LogP contribution in [-0.2, 0) is 19.6 Å². The van der Waals surface area contributed by atoms with Crippen molar-refractivity contribution < 1.29 is 27.4 Å². The van der Waals surface area contributed by atoms with Crippen LogP contribution in [0.25, 0.3) is 17.3 Å². The van der Waals surface area contributed by atoms with E-state index in [4.69, 9.17) is 0 Å². The third kappa shape index (κ3) is 6.83. The van der Waals surface area contributed by atoms with Gasteiger partial charge in [-0.1, -0.05) is 26.0 Å². The molecule has 0 bridgehead atoms. The van der Waals surface area contributed by atoms with E-state index in [1.54, 1.807) is 6.08 Å². The summed E-state index contributed by atoms with van der Waals surface area (Å²) in [6, 6.07) is 5.56. The van der Waals surface area contributed by atoms with Gasteiger partial charge in [-0.3, -0.25) is 9.52 Å². The van der Waals surface area contributed by atoms with Crippen LogP contribution in [0.15, 0.2) is 30.3 Å². The molecular weight excluding hydrogens is 425 g/mol. The number of nitrogens with zero attached hydrogens (tertiary/aromatic N) is 2. The average Bonchev–Trinajstić information content (AvgIpc) is 2.72. The highest BCUT2D eigenvalue weighted by Gasteiger charge is 2.19. The Kier molecular flexibility index (Phi) is 8.23. The maximum absolute atomic E-state index is 13.5. The molecule has 0 radical (unpaired) electrons. The summed E-state index contributed by atoms with van der Waals surface area (Å²) in [6.45, 7) is 5.24. The number of aliphatic hydroxyl groups is 1. The summed E-state index contributed by atoms with van der Waals surface area (Å²) in [5.41, 5.74) is 1.92. The second-order valence-electron chi connectivity index (χ2n) is 7.07. The van der Waals surface area contributed by atoms with Gasteiger partial charge in [-0.15, -0.1) is 0 Å². The zero-order valence-electron chi connectivity index (χ0n) is 17.8. The number of carbonyl (C=O) groups excluding carboxylic acids is 1. The number of ether oxygens (including phenoxy) is 1. The monoisotopic (exact) mass is 451 g/mol. The highest BCUT2D eigenvalue weighted by molar-refractivity contribution is 7.92. The minimum Gasteiger partial charge on any atom is -0.469 e. The summed E-state index contributed by atoms with van der Waals surface area (Å²) in [7, 11) is -2.39. The van der Waals surface area contributed by atoms with Crippen LogP contribution >= 0.6 is 0 Å². The molecule has 0 saturated carbocycles. The van der Waals surface area contributed by atoms with Gasteiger partial charge in [-0.2, -0.15) is 0 Å². The SMILES string of the molecule is CCS(=O)(=O)Nc1nc(-c2ccc(F)cc2)c(C=CC(O)CC(=O)OC)c(C(C)C)n1. The van der Waals surface area contributed by atoms with Crippen LogP contribution in [0, 0.1) is 5.82 Å². The van der Waals surface area contributed by atoms with Crippen LogP contribution in [0.4, 0.5) is 10.3 Å². The van der Waals surface area contributed by atoms with E-state index in [0.29, 0.717) is 22.5 Å². The number of aliphatic hydroxyl groups excluding tert-OH is 1. The summed E-state index contributed by atoms with van der Waals surface area (Å²) in [5, 5.41) is 10.1. The fourth-order valence-corrected chi connectivity index (χ4v) is 3.22. The molecule has 0 amide bonds. The highest BCUT2D eigenvalue weighted by Crippen LogP contribution is 2.30. The van der Waals surface area contributed by atoms with E-state index >= 15 is 0 Å². The van der Waals surface area contributed by atoms with E-state index in [1.807, 2.05) is 13.8 Å². The lowest BCUT2D eigenvalue weighted by Crippen LogP contribution is -2.18. The molecule has 8 nitrogen and oxygen atoms in total. The first-order valence-electron chi connectivity index (χ1n) is 9.67. The molecule has 1 atom stereocenters. The van der Waals surface area contributed by atoms with Crippen molar-refractivity contribution in [2.45, 2.75) is 39.2 Å². The van der Waals surface area contributed by atoms with Crippen molar-refractivity contribution in [2.24, 2.45) is 0 Å². The van der Waals surface area contributed by atoms with E-state index in [9.17, 15) is 22.7 Å². The molecule has 2 N–H and O–H groups in total. The van der Waals surface area contributed by atoms with Crippen LogP contribution in [0.2, 0.25) is 0 Å². The average molecular weight is 452 g/mol. The van der Waals surface area contributed by atoms with Crippen molar-refractivity contribution in [1.82, 2.24) is 9.97 Å². The molecule has 10 heteroatoms. The molecule has 0 spiro atoms. The van der Waals surface area contributed by atoms with Crippen LogP contribution in [-0.4, -0.2) is 48.4 Å². The normalized spacial score (nSPS) is 12.9. The van der Waals surface area contributed by atoms with Crippen molar-refractivity contribution in [3.63, 3.8) is 0 Å². The second kappa shape index (κ2) is 10.5. The molecule has 0 fully saturated rings. The smallest absolute Gasteiger partial charge is 0.308 e. The predicted octanol–water partition coefficient (Wildman–Crippen LogP) is 3.10. The third-order valence-corrected chi connectivity index (χ3v) is 5.61. The molecular formula is C21H26FN3O5S. The number of nitrogens with one attached hydrogen (secondary N) is 1. The molecule has 31 heavy (non-hydrogen) atoms. The highest BCUT2D eigenvalue weighted by atomic mass is 32.2. The largest absolute Gasteiger partial charge is 0.469 e. The maximum atomic E-state index is 13.5. The first-order chi connectivity index (χ1) is 14.6. The Hall–Kier alpha value is -2.85. The Balaban J connectivity index is 2.64. The van der Waals surface area contributed by atoms with Gasteiger partial charge in [-0.05, 0) is 37.1 Å². The van der Waals surface area contributed by atoms with E-state index in [0.717, 1.165) is 0 Å². The molecule has 1 unspecified atom stereocenters. The predicted molar refractivity (Wildman–Crippen MR) is 116 cm³/mol. The van der Waals surface area contributed by atoms with Gasteiger partial charge < -0.3 is 9.84 Å². The van der Waals surface area contributed by atoms with Gasteiger partial charge >= 0.3 is 5.97 Å². The summed E-state index contributed by atoms with van der Waals surface area (Å²) < 4.78 is 44.4. The number of rotatable bonds is 9. The van der Waals surface area contributed by atoms with Crippen molar-refractivity contribution in [3.8, 4) is 11.3 Å². The Morgan fingerprint density at radius 3 is 2.45 bits per heavy atom. The standard InChI is InChI=1S/C21H26FN3O5S/c1-5-31(28,29)25-21-23-19(13(2)3)17(11-10-16(26)12-18(27)30-4)20(24-21)14-6-8-15(22)9-7-14/h6-11,13,16,26H,5,12H2,1-4H3,(H,23,24,25). The van der Waals surface area contributed by atoms with Crippen LogP contribution in [0.3, 0.4) is 0 Å². The number of benzene rings is 1. The summed E-state index contributed by atoms with van der Waals surface area (Å²) >= 11 is 0. The maximum Gasteiger partial charge on any atom is 0.308 e. The number of sulfonamides is 1. The van der Waals surface area contributed by atoms with E-state index < -0.39 is 27.9 Å². The number of esters is 1. The van der Waals surface area contributed by atoms with Crippen LogP contribution in [0.5, 0.6) is 0 Å². The van der Waals surface area contributed by atoms with Crippen molar-refractivity contribution in [2.75, 3.05) is 17.6 Å². The summed E-state index contributed by atoms with van der Waals surface area (Å²) in [6.07, 6.45) is 1.64. The van der Waals surface area contributed by atoms with Gasteiger partial charge in [0.2, 0.25) is 16.0 Å². The Labute approximate surface area is 181 Å². The fourth-order valence-electron chi connectivity index (χ4n) is 2.71. The number of aromatic nitrogens is 2. The van der Waals surface area contributed by atoms with Crippen molar-refractivity contribution in [3.05, 3.63) is 47.4 Å². The number of halogens is 1.